The van der Waals surface area contributed by atoms with E-state index in [0.29, 0.717) is 0 Å². The third-order valence-electron chi connectivity index (χ3n) is 3.42. The summed E-state index contributed by atoms with van der Waals surface area (Å²) in [6.07, 6.45) is 0.539. The summed E-state index contributed by atoms with van der Waals surface area (Å²) in [6.45, 7) is 2.01. The Morgan fingerprint density at radius 3 is 2.77 bits per heavy atom. The largest absolute Gasteiger partial charge is 0.468 e. The first kappa shape index (κ1) is 8.97. The topological polar surface area (TPSA) is 58.6 Å². The van der Waals surface area contributed by atoms with Crippen molar-refractivity contribution < 1.29 is 14.6 Å². The van der Waals surface area contributed by atoms with E-state index in [-0.39, 0.29) is 36.0 Å². The van der Waals surface area contributed by atoms with Crippen LogP contribution in [-0.4, -0.2) is 36.4 Å². The lowest BCUT2D eigenvalue weighted by atomic mass is 9.92. The quantitative estimate of drug-likeness (QED) is 0.542. The summed E-state index contributed by atoms with van der Waals surface area (Å²) in [7, 11) is 1.38. The van der Waals surface area contributed by atoms with E-state index in [0.717, 1.165) is 6.42 Å². The van der Waals surface area contributed by atoms with Crippen LogP contribution in [0, 0.1) is 11.8 Å². The Kier molecular flexibility index (Phi) is 2.04. The number of hydrogen-bond donors (Lipinski definition) is 2. The molecular weight excluding hydrogens is 170 g/mol. The Bertz CT molecular complexity index is 229. The van der Waals surface area contributed by atoms with Gasteiger partial charge in [-0.2, -0.15) is 0 Å². The fourth-order valence-corrected chi connectivity index (χ4v) is 2.55. The number of ether oxygens (including phenoxy) is 1. The summed E-state index contributed by atoms with van der Waals surface area (Å²) < 4.78 is 4.66. The number of aliphatic hydroxyl groups excluding tert-OH is 1. The van der Waals surface area contributed by atoms with Gasteiger partial charge in [0, 0.05) is 12.0 Å². The van der Waals surface area contributed by atoms with E-state index in [2.05, 4.69) is 10.1 Å². The van der Waals surface area contributed by atoms with Crippen LogP contribution in [0.1, 0.15) is 13.3 Å². The van der Waals surface area contributed by atoms with Crippen LogP contribution < -0.4 is 5.32 Å². The minimum atomic E-state index is -0.352. The van der Waals surface area contributed by atoms with E-state index < -0.39 is 0 Å². The van der Waals surface area contributed by atoms with E-state index >= 15 is 0 Å². The van der Waals surface area contributed by atoms with Crippen LogP contribution in [0.2, 0.25) is 0 Å². The van der Waals surface area contributed by atoms with Crippen LogP contribution in [0.25, 0.3) is 0 Å². The van der Waals surface area contributed by atoms with Crippen molar-refractivity contribution in [3.8, 4) is 0 Å². The van der Waals surface area contributed by atoms with Crippen molar-refractivity contribution in [3.05, 3.63) is 0 Å². The lowest BCUT2D eigenvalue weighted by Crippen LogP contribution is -2.51. The molecule has 0 aromatic heterocycles. The Hall–Kier alpha value is -0.610. The molecule has 1 saturated carbocycles. The molecule has 0 aromatic rings. The zero-order valence-corrected chi connectivity index (χ0v) is 7.86. The zero-order chi connectivity index (χ0) is 9.59. The van der Waals surface area contributed by atoms with Gasteiger partial charge in [0.25, 0.3) is 0 Å². The predicted octanol–water partition coefficient (Wildman–Crippen LogP) is -0.483. The molecule has 2 bridgehead atoms. The maximum atomic E-state index is 11.3. The highest BCUT2D eigenvalue weighted by molar-refractivity contribution is 5.77. The number of methoxy groups -OCH3 is 1. The first-order chi connectivity index (χ1) is 6.15. The van der Waals surface area contributed by atoms with Crippen molar-refractivity contribution in [2.45, 2.75) is 31.5 Å². The number of rotatable bonds is 1. The molecule has 0 aromatic carbocycles. The third kappa shape index (κ3) is 1.16. The first-order valence-corrected chi connectivity index (χ1v) is 4.67. The van der Waals surface area contributed by atoms with E-state index in [9.17, 15) is 9.90 Å². The van der Waals surface area contributed by atoms with Crippen molar-refractivity contribution in [3.63, 3.8) is 0 Å². The minimum absolute atomic E-state index is 0.0486. The van der Waals surface area contributed by atoms with Crippen LogP contribution >= 0.6 is 0 Å². The van der Waals surface area contributed by atoms with Crippen molar-refractivity contribution in [2.75, 3.05) is 7.11 Å². The van der Waals surface area contributed by atoms with Crippen molar-refractivity contribution in [1.29, 1.82) is 0 Å². The molecule has 1 saturated heterocycles. The average molecular weight is 185 g/mol. The average Bonchev–Trinajstić information content (AvgIpc) is 2.67. The molecule has 0 amide bonds. The summed E-state index contributed by atoms with van der Waals surface area (Å²) in [5.41, 5.74) is 0. The number of hydrogen-bond acceptors (Lipinski definition) is 4. The molecule has 13 heavy (non-hydrogen) atoms. The summed E-state index contributed by atoms with van der Waals surface area (Å²) in [4.78, 5) is 11.3. The molecule has 1 aliphatic heterocycles. The van der Waals surface area contributed by atoms with E-state index in [4.69, 9.17) is 0 Å². The lowest BCUT2D eigenvalue weighted by molar-refractivity contribution is -0.146. The molecule has 2 aliphatic rings. The standard InChI is InChI=1S/C9H15NO3/c1-4-6-3-5(8(4)11)7(10-6)9(12)13-2/h4-8,10-11H,3H2,1-2H3. The van der Waals surface area contributed by atoms with Gasteiger partial charge in [0.2, 0.25) is 0 Å². The number of fused-ring (bicyclic) bond motifs is 2. The molecule has 0 spiro atoms. The van der Waals surface area contributed by atoms with Gasteiger partial charge >= 0.3 is 5.97 Å². The minimum Gasteiger partial charge on any atom is -0.468 e. The maximum absolute atomic E-state index is 11.3. The number of carbonyl (C=O) groups is 1. The third-order valence-corrected chi connectivity index (χ3v) is 3.42. The number of nitrogens with one attached hydrogen (secondary N) is 1. The fourth-order valence-electron chi connectivity index (χ4n) is 2.55. The number of piperidine rings is 1. The van der Waals surface area contributed by atoms with Gasteiger partial charge in [-0.25, -0.2) is 0 Å². The molecule has 1 heterocycles. The second kappa shape index (κ2) is 2.96. The molecule has 4 nitrogen and oxygen atoms in total. The molecule has 2 rings (SSSR count). The van der Waals surface area contributed by atoms with Crippen molar-refractivity contribution in [1.82, 2.24) is 5.32 Å². The molecule has 2 fully saturated rings. The summed E-state index contributed by atoms with van der Waals surface area (Å²) in [6, 6.07) is -0.00898. The fraction of sp³-hybridized carbons (Fsp3) is 0.889. The molecule has 5 atom stereocenters. The Labute approximate surface area is 77.3 Å². The van der Waals surface area contributed by atoms with Crippen LogP contribution in [0.3, 0.4) is 0 Å². The van der Waals surface area contributed by atoms with Gasteiger partial charge in [-0.3, -0.25) is 4.79 Å². The first-order valence-electron chi connectivity index (χ1n) is 4.67. The second-order valence-corrected chi connectivity index (χ2v) is 4.02. The zero-order valence-electron chi connectivity index (χ0n) is 7.86. The van der Waals surface area contributed by atoms with Crippen LogP contribution in [-0.2, 0) is 9.53 Å². The van der Waals surface area contributed by atoms with Gasteiger partial charge in [-0.15, -0.1) is 0 Å². The van der Waals surface area contributed by atoms with Crippen LogP contribution in [0.4, 0.5) is 0 Å². The molecular formula is C9H15NO3. The number of esters is 1. The molecule has 4 heteroatoms. The van der Waals surface area contributed by atoms with E-state index in [1.165, 1.54) is 7.11 Å². The smallest absolute Gasteiger partial charge is 0.323 e. The SMILES string of the molecule is COC(=O)C1NC2CC1C(O)C2C. The highest BCUT2D eigenvalue weighted by Gasteiger charge is 2.52. The van der Waals surface area contributed by atoms with E-state index in [1.54, 1.807) is 0 Å². The van der Waals surface area contributed by atoms with Gasteiger partial charge in [0.15, 0.2) is 0 Å². The lowest BCUT2D eigenvalue weighted by Gasteiger charge is -2.29. The van der Waals surface area contributed by atoms with Crippen molar-refractivity contribution >= 4 is 5.97 Å². The molecule has 2 N–H and O–H groups in total. The molecule has 0 radical (unpaired) electrons. The monoisotopic (exact) mass is 185 g/mol. The normalized spacial score (nSPS) is 48.1. The Balaban J connectivity index is 2.10. The van der Waals surface area contributed by atoms with Gasteiger partial charge in [0.1, 0.15) is 6.04 Å². The number of aliphatic hydroxyl groups is 1. The van der Waals surface area contributed by atoms with Gasteiger partial charge in [-0.05, 0) is 12.3 Å². The summed E-state index contributed by atoms with van der Waals surface area (Å²) >= 11 is 0. The summed E-state index contributed by atoms with van der Waals surface area (Å²) in [5.74, 6) is 0.0526. The predicted molar refractivity (Wildman–Crippen MR) is 46.0 cm³/mol. The summed E-state index contributed by atoms with van der Waals surface area (Å²) in [5, 5.41) is 12.9. The van der Waals surface area contributed by atoms with Gasteiger partial charge in [-0.1, -0.05) is 6.92 Å². The molecule has 1 aliphatic carbocycles. The Morgan fingerprint density at radius 2 is 2.31 bits per heavy atom. The molecule has 74 valence electrons. The van der Waals surface area contributed by atoms with E-state index in [1.807, 2.05) is 6.92 Å². The van der Waals surface area contributed by atoms with Gasteiger partial charge in [0.05, 0.1) is 13.2 Å². The highest BCUT2D eigenvalue weighted by Crippen LogP contribution is 2.39. The molecule has 5 unspecified atom stereocenters. The van der Waals surface area contributed by atoms with Gasteiger partial charge < -0.3 is 15.2 Å². The second-order valence-electron chi connectivity index (χ2n) is 4.02. The Morgan fingerprint density at radius 1 is 1.62 bits per heavy atom. The van der Waals surface area contributed by atoms with Crippen LogP contribution in [0.5, 0.6) is 0 Å². The van der Waals surface area contributed by atoms with Crippen LogP contribution in [0.15, 0.2) is 0 Å². The highest BCUT2D eigenvalue weighted by atomic mass is 16.5. The number of carbonyl (C=O) groups excluding carboxylic acids is 1. The maximum Gasteiger partial charge on any atom is 0.323 e. The van der Waals surface area contributed by atoms with Crippen molar-refractivity contribution in [2.24, 2.45) is 11.8 Å².